The van der Waals surface area contributed by atoms with Gasteiger partial charge in [0, 0.05) is 24.4 Å². The number of carbonyl (C=O) groups is 1. The standard InChI is InChI=1S/C16H17N3O3S3/c1-19(2)25(21,22)10-7-14(23-9-10)15(20)18-16-12(8-17)11-5-3-4-6-13(11)24-16/h7,9H,3-6H2,1-2H3,(H,18,20). The van der Waals surface area contributed by atoms with Crippen LogP contribution >= 0.6 is 22.7 Å². The maximum atomic E-state index is 12.5. The highest BCUT2D eigenvalue weighted by molar-refractivity contribution is 7.89. The number of thiophene rings is 2. The predicted octanol–water partition coefficient (Wildman–Crippen LogP) is 3.06. The first kappa shape index (κ1) is 18.1. The van der Waals surface area contributed by atoms with E-state index in [2.05, 4.69) is 11.4 Å². The zero-order valence-electron chi connectivity index (χ0n) is 13.8. The van der Waals surface area contributed by atoms with Crippen molar-refractivity contribution in [1.29, 1.82) is 5.26 Å². The van der Waals surface area contributed by atoms with Gasteiger partial charge in [0.25, 0.3) is 5.91 Å². The molecule has 6 nitrogen and oxygen atoms in total. The van der Waals surface area contributed by atoms with Gasteiger partial charge in [0.2, 0.25) is 10.0 Å². The number of nitriles is 1. The number of rotatable bonds is 4. The predicted molar refractivity (Wildman–Crippen MR) is 98.8 cm³/mol. The second-order valence-electron chi connectivity index (χ2n) is 5.92. The maximum Gasteiger partial charge on any atom is 0.266 e. The number of nitrogens with zero attached hydrogens (tertiary/aromatic N) is 2. The van der Waals surface area contributed by atoms with E-state index in [1.165, 1.54) is 41.8 Å². The smallest absolute Gasteiger partial charge is 0.266 e. The Morgan fingerprint density at radius 3 is 2.72 bits per heavy atom. The zero-order chi connectivity index (χ0) is 18.2. The highest BCUT2D eigenvalue weighted by Gasteiger charge is 2.24. The molecule has 132 valence electrons. The van der Waals surface area contributed by atoms with Gasteiger partial charge in [-0.25, -0.2) is 12.7 Å². The van der Waals surface area contributed by atoms with Crippen molar-refractivity contribution in [2.75, 3.05) is 19.4 Å². The minimum Gasteiger partial charge on any atom is -0.312 e. The molecule has 0 saturated heterocycles. The summed E-state index contributed by atoms with van der Waals surface area (Å²) in [7, 11) is -0.670. The van der Waals surface area contributed by atoms with Crippen LogP contribution in [0.4, 0.5) is 5.00 Å². The molecule has 2 aromatic heterocycles. The largest absolute Gasteiger partial charge is 0.312 e. The minimum absolute atomic E-state index is 0.0960. The lowest BCUT2D eigenvalue weighted by molar-refractivity contribution is 0.103. The third-order valence-corrected chi connectivity index (χ3v) is 8.17. The summed E-state index contributed by atoms with van der Waals surface area (Å²) in [5.74, 6) is -0.389. The van der Waals surface area contributed by atoms with Crippen LogP contribution in [0.1, 0.15) is 38.5 Å². The van der Waals surface area contributed by atoms with E-state index < -0.39 is 10.0 Å². The van der Waals surface area contributed by atoms with Gasteiger partial charge in [0.1, 0.15) is 11.1 Å². The van der Waals surface area contributed by atoms with Crippen molar-refractivity contribution >= 4 is 43.6 Å². The average molecular weight is 396 g/mol. The summed E-state index contributed by atoms with van der Waals surface area (Å²) in [6.07, 6.45) is 3.97. The molecular weight excluding hydrogens is 378 g/mol. The molecule has 0 aliphatic heterocycles. The van der Waals surface area contributed by atoms with Gasteiger partial charge in [-0.15, -0.1) is 22.7 Å². The van der Waals surface area contributed by atoms with Crippen LogP contribution in [0, 0.1) is 11.3 Å². The Morgan fingerprint density at radius 2 is 2.04 bits per heavy atom. The Kier molecular flexibility index (Phi) is 4.97. The van der Waals surface area contributed by atoms with Crippen LogP contribution in [0.25, 0.3) is 0 Å². The number of nitrogens with one attached hydrogen (secondary N) is 1. The Bertz CT molecular complexity index is 965. The van der Waals surface area contributed by atoms with Gasteiger partial charge in [-0.1, -0.05) is 0 Å². The third kappa shape index (κ3) is 3.35. The lowest BCUT2D eigenvalue weighted by atomic mass is 9.96. The highest BCUT2D eigenvalue weighted by atomic mass is 32.2. The van der Waals surface area contributed by atoms with E-state index in [4.69, 9.17) is 0 Å². The lowest BCUT2D eigenvalue weighted by Crippen LogP contribution is -2.21. The molecule has 0 aromatic carbocycles. The summed E-state index contributed by atoms with van der Waals surface area (Å²) >= 11 is 2.52. The highest BCUT2D eigenvalue weighted by Crippen LogP contribution is 2.38. The topological polar surface area (TPSA) is 90.3 Å². The van der Waals surface area contributed by atoms with Crippen LogP contribution in [0.2, 0.25) is 0 Å². The quantitative estimate of drug-likeness (QED) is 0.861. The molecule has 9 heteroatoms. The van der Waals surface area contributed by atoms with Crippen molar-refractivity contribution < 1.29 is 13.2 Å². The molecule has 1 amide bonds. The summed E-state index contributed by atoms with van der Waals surface area (Å²) < 4.78 is 25.3. The fraction of sp³-hybridized carbons (Fsp3) is 0.375. The van der Waals surface area contributed by atoms with Crippen LogP contribution in [-0.2, 0) is 22.9 Å². The summed E-state index contributed by atoms with van der Waals surface area (Å²) in [4.78, 5) is 14.1. The summed E-state index contributed by atoms with van der Waals surface area (Å²) in [5.41, 5.74) is 1.60. The molecule has 0 atom stereocenters. The molecule has 0 bridgehead atoms. The van der Waals surface area contributed by atoms with E-state index in [0.717, 1.165) is 46.9 Å². The number of fused-ring (bicyclic) bond motifs is 1. The molecule has 1 N–H and O–H groups in total. The van der Waals surface area contributed by atoms with E-state index >= 15 is 0 Å². The first-order chi connectivity index (χ1) is 11.8. The van der Waals surface area contributed by atoms with Crippen LogP contribution < -0.4 is 5.32 Å². The van der Waals surface area contributed by atoms with Crippen molar-refractivity contribution in [2.45, 2.75) is 30.6 Å². The van der Waals surface area contributed by atoms with Crippen molar-refractivity contribution in [2.24, 2.45) is 0 Å². The number of carbonyl (C=O) groups excluding carboxylic acids is 1. The van der Waals surface area contributed by atoms with Crippen molar-refractivity contribution in [1.82, 2.24) is 4.31 Å². The van der Waals surface area contributed by atoms with E-state index in [9.17, 15) is 18.5 Å². The van der Waals surface area contributed by atoms with Crippen molar-refractivity contribution in [3.8, 4) is 6.07 Å². The molecule has 1 aliphatic carbocycles. The number of anilines is 1. The van der Waals surface area contributed by atoms with Crippen LogP contribution in [-0.4, -0.2) is 32.7 Å². The van der Waals surface area contributed by atoms with Gasteiger partial charge in [-0.05, 0) is 37.3 Å². The second kappa shape index (κ2) is 6.88. The SMILES string of the molecule is CN(C)S(=O)(=O)c1csc(C(=O)Nc2sc3c(c2C#N)CCCC3)c1. The Morgan fingerprint density at radius 1 is 1.32 bits per heavy atom. The van der Waals surface area contributed by atoms with E-state index in [0.29, 0.717) is 15.4 Å². The molecule has 1 aliphatic rings. The van der Waals surface area contributed by atoms with Crippen molar-refractivity contribution in [3.05, 3.63) is 32.3 Å². The fourth-order valence-electron chi connectivity index (χ4n) is 2.72. The molecule has 0 fully saturated rings. The molecule has 25 heavy (non-hydrogen) atoms. The Balaban J connectivity index is 1.86. The molecule has 0 spiro atoms. The van der Waals surface area contributed by atoms with Gasteiger partial charge in [0.05, 0.1) is 15.3 Å². The summed E-state index contributed by atoms with van der Waals surface area (Å²) in [6, 6.07) is 3.57. The molecular formula is C16H17N3O3S3. The maximum absolute atomic E-state index is 12.5. The van der Waals surface area contributed by atoms with Crippen LogP contribution in [0.15, 0.2) is 16.3 Å². The van der Waals surface area contributed by atoms with E-state index in [-0.39, 0.29) is 10.8 Å². The summed E-state index contributed by atoms with van der Waals surface area (Å²) in [6.45, 7) is 0. The first-order valence-electron chi connectivity index (χ1n) is 7.71. The average Bonchev–Trinajstić information content (AvgIpc) is 3.19. The number of sulfonamides is 1. The number of amides is 1. The fourth-order valence-corrected chi connectivity index (χ4v) is 6.01. The van der Waals surface area contributed by atoms with Gasteiger partial charge >= 0.3 is 0 Å². The van der Waals surface area contributed by atoms with Crippen LogP contribution in [0.5, 0.6) is 0 Å². The number of hydrogen-bond donors (Lipinski definition) is 1. The zero-order valence-corrected chi connectivity index (χ0v) is 16.3. The Hall–Kier alpha value is -1.73. The molecule has 2 heterocycles. The minimum atomic E-state index is -3.56. The molecule has 0 radical (unpaired) electrons. The molecule has 0 unspecified atom stereocenters. The Labute approximate surface area is 154 Å². The van der Waals surface area contributed by atoms with Gasteiger partial charge < -0.3 is 5.32 Å². The number of hydrogen-bond acceptors (Lipinski definition) is 6. The van der Waals surface area contributed by atoms with Crippen molar-refractivity contribution in [3.63, 3.8) is 0 Å². The second-order valence-corrected chi connectivity index (χ2v) is 10.1. The van der Waals surface area contributed by atoms with Gasteiger partial charge in [-0.3, -0.25) is 4.79 Å². The van der Waals surface area contributed by atoms with E-state index in [1.54, 1.807) is 0 Å². The summed E-state index contributed by atoms with van der Waals surface area (Å²) in [5, 5.41) is 14.2. The monoisotopic (exact) mass is 395 g/mol. The molecule has 2 aromatic rings. The normalized spacial score (nSPS) is 14.2. The number of aryl methyl sites for hydroxylation is 1. The van der Waals surface area contributed by atoms with E-state index in [1.807, 2.05) is 0 Å². The van der Waals surface area contributed by atoms with Gasteiger partial charge in [0.15, 0.2) is 0 Å². The molecule has 3 rings (SSSR count). The van der Waals surface area contributed by atoms with Crippen LogP contribution in [0.3, 0.4) is 0 Å². The first-order valence-corrected chi connectivity index (χ1v) is 10.8. The lowest BCUT2D eigenvalue weighted by Gasteiger charge is -2.09. The third-order valence-electron chi connectivity index (χ3n) is 4.09. The van der Waals surface area contributed by atoms with Gasteiger partial charge in [-0.2, -0.15) is 5.26 Å². The molecule has 0 saturated carbocycles.